The summed E-state index contributed by atoms with van der Waals surface area (Å²) in [5.41, 5.74) is 7.82. The summed E-state index contributed by atoms with van der Waals surface area (Å²) in [4.78, 5) is 15.6. The van der Waals surface area contributed by atoms with E-state index >= 15 is 0 Å². The van der Waals surface area contributed by atoms with Crippen LogP contribution in [-0.2, 0) is 32.5 Å². The minimum atomic E-state index is 0.0726. The van der Waals surface area contributed by atoms with Crippen LogP contribution in [0.3, 0.4) is 0 Å². The number of benzene rings is 2. The molecule has 0 saturated carbocycles. The number of hydrogen-bond acceptors (Lipinski definition) is 4. The fourth-order valence-electron chi connectivity index (χ4n) is 3.87. The SMILES string of the molecule is CN(C)C(=O)c1ccc2c(c1)CNCC2.CN(C)Cc1ccc2c(c1)CNCC2. The number of amides is 1. The quantitative estimate of drug-likeness (QED) is 0.840. The Kier molecular flexibility index (Phi) is 7.42. The molecule has 2 heterocycles. The normalized spacial score (nSPS) is 15.1. The van der Waals surface area contributed by atoms with E-state index in [9.17, 15) is 4.79 Å². The van der Waals surface area contributed by atoms with Gasteiger partial charge in [-0.2, -0.15) is 0 Å². The largest absolute Gasteiger partial charge is 0.345 e. The van der Waals surface area contributed by atoms with Crippen LogP contribution in [0.25, 0.3) is 0 Å². The monoisotopic (exact) mass is 394 g/mol. The summed E-state index contributed by atoms with van der Waals surface area (Å²) >= 11 is 0. The standard InChI is InChI=1S/C12H16N2O.C12H18N2/c1-14(2)12(15)10-4-3-9-5-6-13-8-11(9)7-10;1-14(2)9-10-3-4-11-5-6-13-8-12(11)7-10/h3-4,7,13H,5-6,8H2,1-2H3;3-4,7,13H,5-6,8-9H2,1-2H3. The summed E-state index contributed by atoms with van der Waals surface area (Å²) in [5.74, 6) is 0.0726. The van der Waals surface area contributed by atoms with Gasteiger partial charge in [0.2, 0.25) is 0 Å². The molecule has 4 rings (SSSR count). The van der Waals surface area contributed by atoms with Crippen LogP contribution in [0.1, 0.15) is 38.2 Å². The number of fused-ring (bicyclic) bond motifs is 2. The first-order valence-electron chi connectivity index (χ1n) is 10.4. The average molecular weight is 395 g/mol. The molecule has 0 aliphatic carbocycles. The lowest BCUT2D eigenvalue weighted by molar-refractivity contribution is 0.0827. The lowest BCUT2D eigenvalue weighted by Gasteiger charge is -2.19. The minimum absolute atomic E-state index is 0.0726. The Morgan fingerprint density at radius 1 is 0.828 bits per heavy atom. The molecule has 5 nitrogen and oxygen atoms in total. The van der Waals surface area contributed by atoms with Crippen molar-refractivity contribution in [3.8, 4) is 0 Å². The second-order valence-corrected chi connectivity index (χ2v) is 8.38. The zero-order chi connectivity index (χ0) is 20.8. The molecule has 0 atom stereocenters. The molecular formula is C24H34N4O. The number of hydrogen-bond donors (Lipinski definition) is 2. The molecule has 29 heavy (non-hydrogen) atoms. The molecule has 0 spiro atoms. The average Bonchev–Trinajstić information content (AvgIpc) is 2.72. The van der Waals surface area contributed by atoms with Gasteiger partial charge in [0, 0.05) is 39.3 Å². The Balaban J connectivity index is 0.000000166. The maximum absolute atomic E-state index is 11.7. The molecule has 156 valence electrons. The first kappa shape index (κ1) is 21.5. The summed E-state index contributed by atoms with van der Waals surface area (Å²) in [6, 6.07) is 12.9. The molecule has 2 aliphatic heterocycles. The van der Waals surface area contributed by atoms with Crippen LogP contribution in [0, 0.1) is 0 Å². The molecule has 2 aromatic carbocycles. The highest BCUT2D eigenvalue weighted by Crippen LogP contribution is 2.17. The second kappa shape index (κ2) is 10.0. The zero-order valence-corrected chi connectivity index (χ0v) is 18.2. The Morgan fingerprint density at radius 3 is 2.00 bits per heavy atom. The van der Waals surface area contributed by atoms with Crippen molar-refractivity contribution >= 4 is 5.91 Å². The van der Waals surface area contributed by atoms with E-state index < -0.39 is 0 Å². The zero-order valence-electron chi connectivity index (χ0n) is 18.2. The summed E-state index contributed by atoms with van der Waals surface area (Å²) in [7, 11) is 7.77. The van der Waals surface area contributed by atoms with Gasteiger partial charge in [0.25, 0.3) is 5.91 Å². The van der Waals surface area contributed by atoms with Crippen LogP contribution in [0.5, 0.6) is 0 Å². The lowest BCUT2D eigenvalue weighted by atomic mass is 9.98. The summed E-state index contributed by atoms with van der Waals surface area (Å²) in [6.07, 6.45) is 2.24. The maximum Gasteiger partial charge on any atom is 0.253 e. The smallest absolute Gasteiger partial charge is 0.253 e. The van der Waals surface area contributed by atoms with E-state index in [0.29, 0.717) is 0 Å². The molecular weight excluding hydrogens is 360 g/mol. The van der Waals surface area contributed by atoms with Gasteiger partial charge in [-0.3, -0.25) is 4.79 Å². The van der Waals surface area contributed by atoms with Crippen LogP contribution in [0.4, 0.5) is 0 Å². The topological polar surface area (TPSA) is 47.6 Å². The highest BCUT2D eigenvalue weighted by Gasteiger charge is 2.13. The molecule has 2 N–H and O–H groups in total. The van der Waals surface area contributed by atoms with Crippen molar-refractivity contribution in [3.63, 3.8) is 0 Å². The number of rotatable bonds is 3. The van der Waals surface area contributed by atoms with Crippen LogP contribution >= 0.6 is 0 Å². The van der Waals surface area contributed by atoms with Crippen molar-refractivity contribution in [3.05, 3.63) is 69.8 Å². The van der Waals surface area contributed by atoms with E-state index in [1.54, 1.807) is 19.0 Å². The summed E-state index contributed by atoms with van der Waals surface area (Å²) < 4.78 is 0. The third-order valence-corrected chi connectivity index (χ3v) is 5.40. The first-order chi connectivity index (χ1) is 13.9. The van der Waals surface area contributed by atoms with Crippen molar-refractivity contribution < 1.29 is 4.79 Å². The molecule has 0 aromatic heterocycles. The Bertz CT molecular complexity index is 845. The van der Waals surface area contributed by atoms with E-state index in [1.807, 2.05) is 12.1 Å². The predicted molar refractivity (Wildman–Crippen MR) is 119 cm³/mol. The molecule has 0 unspecified atom stereocenters. The predicted octanol–water partition coefficient (Wildman–Crippen LogP) is 2.43. The molecule has 0 saturated heterocycles. The fourth-order valence-corrected chi connectivity index (χ4v) is 3.87. The number of carbonyl (C=O) groups excluding carboxylic acids is 1. The van der Waals surface area contributed by atoms with Gasteiger partial charge in [0.15, 0.2) is 0 Å². The number of carbonyl (C=O) groups is 1. The van der Waals surface area contributed by atoms with Gasteiger partial charge in [0.1, 0.15) is 0 Å². The molecule has 1 amide bonds. The van der Waals surface area contributed by atoms with Crippen molar-refractivity contribution in [2.24, 2.45) is 0 Å². The second-order valence-electron chi connectivity index (χ2n) is 8.38. The van der Waals surface area contributed by atoms with Gasteiger partial charge < -0.3 is 20.4 Å². The molecule has 2 aliphatic rings. The van der Waals surface area contributed by atoms with Gasteiger partial charge in [-0.25, -0.2) is 0 Å². The highest BCUT2D eigenvalue weighted by atomic mass is 16.2. The third kappa shape index (κ3) is 5.89. The molecule has 0 radical (unpaired) electrons. The molecule has 0 fully saturated rings. The lowest BCUT2D eigenvalue weighted by Crippen LogP contribution is -2.25. The first-order valence-corrected chi connectivity index (χ1v) is 10.4. The van der Waals surface area contributed by atoms with Crippen LogP contribution in [-0.4, -0.2) is 57.0 Å². The van der Waals surface area contributed by atoms with Crippen molar-refractivity contribution in [2.45, 2.75) is 32.5 Å². The van der Waals surface area contributed by atoms with Crippen LogP contribution in [0.2, 0.25) is 0 Å². The van der Waals surface area contributed by atoms with E-state index in [1.165, 1.54) is 34.2 Å². The summed E-state index contributed by atoms with van der Waals surface area (Å²) in [5, 5.41) is 6.72. The number of nitrogens with zero attached hydrogens (tertiary/aromatic N) is 2. The van der Waals surface area contributed by atoms with Gasteiger partial charge in [-0.15, -0.1) is 0 Å². The van der Waals surface area contributed by atoms with Crippen LogP contribution in [0.15, 0.2) is 36.4 Å². The summed E-state index contributed by atoms with van der Waals surface area (Å²) in [6.45, 7) is 5.11. The maximum atomic E-state index is 11.7. The number of nitrogens with one attached hydrogen (secondary N) is 2. The van der Waals surface area contributed by atoms with Crippen molar-refractivity contribution in [2.75, 3.05) is 41.3 Å². The Labute approximate surface area is 175 Å². The van der Waals surface area contributed by atoms with E-state index in [4.69, 9.17) is 0 Å². The van der Waals surface area contributed by atoms with Gasteiger partial charge in [-0.05, 0) is 80.0 Å². The van der Waals surface area contributed by atoms with Gasteiger partial charge >= 0.3 is 0 Å². The minimum Gasteiger partial charge on any atom is -0.345 e. The highest BCUT2D eigenvalue weighted by molar-refractivity contribution is 5.94. The van der Waals surface area contributed by atoms with E-state index in [-0.39, 0.29) is 5.91 Å². The van der Waals surface area contributed by atoms with Gasteiger partial charge in [0.05, 0.1) is 0 Å². The fraction of sp³-hybridized carbons (Fsp3) is 0.458. The van der Waals surface area contributed by atoms with E-state index in [0.717, 1.165) is 44.7 Å². The van der Waals surface area contributed by atoms with Crippen LogP contribution < -0.4 is 10.6 Å². The van der Waals surface area contributed by atoms with Crippen molar-refractivity contribution in [1.29, 1.82) is 0 Å². The molecule has 5 heteroatoms. The Hall–Kier alpha value is -2.21. The third-order valence-electron chi connectivity index (χ3n) is 5.40. The van der Waals surface area contributed by atoms with Crippen molar-refractivity contribution in [1.82, 2.24) is 20.4 Å². The Morgan fingerprint density at radius 2 is 1.41 bits per heavy atom. The van der Waals surface area contributed by atoms with Gasteiger partial charge in [-0.1, -0.05) is 24.3 Å². The molecule has 0 bridgehead atoms. The molecule has 2 aromatic rings. The van der Waals surface area contributed by atoms with E-state index in [2.05, 4.69) is 53.9 Å².